The van der Waals surface area contributed by atoms with E-state index < -0.39 is 5.97 Å². The van der Waals surface area contributed by atoms with Gasteiger partial charge in [0.15, 0.2) is 0 Å². The predicted octanol–water partition coefficient (Wildman–Crippen LogP) is 2.00. The van der Waals surface area contributed by atoms with E-state index in [0.717, 1.165) is 12.3 Å². The number of carboxylic acids is 1. The maximum Gasteiger partial charge on any atom is 0.307 e. The molecule has 0 aromatic carbocycles. The van der Waals surface area contributed by atoms with Crippen molar-refractivity contribution in [2.24, 2.45) is 29.6 Å². The first kappa shape index (κ1) is 8.09. The van der Waals surface area contributed by atoms with Gasteiger partial charge in [0.25, 0.3) is 0 Å². The Balaban J connectivity index is 2.18. The van der Waals surface area contributed by atoms with Gasteiger partial charge in [-0.05, 0) is 36.5 Å². The Hall–Kier alpha value is -0.530. The first-order valence-corrected chi connectivity index (χ1v) is 4.84. The van der Waals surface area contributed by atoms with E-state index in [4.69, 9.17) is 5.11 Å². The standard InChI is InChI=1S/C10H16O2/c1-5-3-7-4-8(5)6(2)9(7)10(11)12/h5-9H,3-4H2,1-2H3,(H,11,12)/t5-,6-,7?,8?,9-/m0/s1. The molecular weight excluding hydrogens is 152 g/mol. The zero-order chi connectivity index (χ0) is 8.88. The molecule has 2 rings (SSSR count). The largest absolute Gasteiger partial charge is 0.481 e. The summed E-state index contributed by atoms with van der Waals surface area (Å²) < 4.78 is 0. The van der Waals surface area contributed by atoms with Gasteiger partial charge in [-0.3, -0.25) is 4.79 Å². The minimum absolute atomic E-state index is 0.0359. The molecule has 0 aliphatic heterocycles. The van der Waals surface area contributed by atoms with Gasteiger partial charge in [0.05, 0.1) is 5.92 Å². The molecule has 2 heteroatoms. The van der Waals surface area contributed by atoms with Gasteiger partial charge in [0, 0.05) is 0 Å². The Bertz CT molecular complexity index is 210. The summed E-state index contributed by atoms with van der Waals surface area (Å²) in [4.78, 5) is 10.9. The maximum atomic E-state index is 10.9. The Morgan fingerprint density at radius 3 is 2.42 bits per heavy atom. The van der Waals surface area contributed by atoms with Crippen LogP contribution in [-0.4, -0.2) is 11.1 Å². The van der Waals surface area contributed by atoms with Crippen LogP contribution in [0.1, 0.15) is 26.7 Å². The van der Waals surface area contributed by atoms with Crippen LogP contribution >= 0.6 is 0 Å². The highest BCUT2D eigenvalue weighted by atomic mass is 16.4. The average Bonchev–Trinajstić information content (AvgIpc) is 2.42. The summed E-state index contributed by atoms with van der Waals surface area (Å²) in [7, 11) is 0. The van der Waals surface area contributed by atoms with Crippen LogP contribution in [0.3, 0.4) is 0 Å². The van der Waals surface area contributed by atoms with Crippen LogP contribution < -0.4 is 0 Å². The van der Waals surface area contributed by atoms with Gasteiger partial charge < -0.3 is 5.11 Å². The third kappa shape index (κ3) is 0.900. The summed E-state index contributed by atoms with van der Waals surface area (Å²) >= 11 is 0. The van der Waals surface area contributed by atoms with Gasteiger partial charge in [0.2, 0.25) is 0 Å². The number of hydrogen-bond donors (Lipinski definition) is 1. The van der Waals surface area contributed by atoms with E-state index in [0.29, 0.717) is 17.8 Å². The molecule has 2 aliphatic rings. The minimum Gasteiger partial charge on any atom is -0.481 e. The molecule has 2 bridgehead atoms. The fourth-order valence-corrected chi connectivity index (χ4v) is 3.48. The van der Waals surface area contributed by atoms with Crippen molar-refractivity contribution in [3.05, 3.63) is 0 Å². The minimum atomic E-state index is -0.568. The highest BCUT2D eigenvalue weighted by molar-refractivity contribution is 5.71. The summed E-state index contributed by atoms with van der Waals surface area (Å²) in [6.07, 6.45) is 2.31. The van der Waals surface area contributed by atoms with Crippen LogP contribution in [0.15, 0.2) is 0 Å². The second kappa shape index (κ2) is 2.48. The molecule has 0 saturated heterocycles. The van der Waals surface area contributed by atoms with Crippen molar-refractivity contribution in [1.82, 2.24) is 0 Å². The Kier molecular flexibility index (Phi) is 1.67. The molecular formula is C10H16O2. The van der Waals surface area contributed by atoms with Crippen molar-refractivity contribution >= 4 is 5.97 Å². The van der Waals surface area contributed by atoms with Crippen LogP contribution in [0, 0.1) is 29.6 Å². The van der Waals surface area contributed by atoms with E-state index in [1.54, 1.807) is 0 Å². The lowest BCUT2D eigenvalue weighted by molar-refractivity contribution is -0.145. The van der Waals surface area contributed by atoms with Gasteiger partial charge in [-0.25, -0.2) is 0 Å². The summed E-state index contributed by atoms with van der Waals surface area (Å²) in [6.45, 7) is 4.37. The molecule has 2 fully saturated rings. The summed E-state index contributed by atoms with van der Waals surface area (Å²) in [6, 6.07) is 0. The van der Waals surface area contributed by atoms with Crippen LogP contribution in [0.4, 0.5) is 0 Å². The van der Waals surface area contributed by atoms with Crippen molar-refractivity contribution in [3.8, 4) is 0 Å². The van der Waals surface area contributed by atoms with Crippen LogP contribution in [0.5, 0.6) is 0 Å². The summed E-state index contributed by atoms with van der Waals surface area (Å²) in [5.74, 6) is 1.75. The maximum absolute atomic E-state index is 10.9. The fraction of sp³-hybridized carbons (Fsp3) is 0.900. The van der Waals surface area contributed by atoms with E-state index >= 15 is 0 Å². The number of carboxylic acid groups (broad SMARTS) is 1. The SMILES string of the molecule is C[C@H]1CC2CC1[C@H](C)[C@@H]2C(=O)O. The third-order valence-electron chi connectivity index (χ3n) is 4.02. The average molecular weight is 168 g/mol. The van der Waals surface area contributed by atoms with Crippen molar-refractivity contribution < 1.29 is 9.90 Å². The quantitative estimate of drug-likeness (QED) is 0.650. The van der Waals surface area contributed by atoms with E-state index in [1.165, 1.54) is 6.42 Å². The lowest BCUT2D eigenvalue weighted by Gasteiger charge is -2.29. The topological polar surface area (TPSA) is 37.3 Å². The summed E-state index contributed by atoms with van der Waals surface area (Å²) in [5, 5.41) is 8.99. The zero-order valence-corrected chi connectivity index (χ0v) is 7.66. The molecule has 2 saturated carbocycles. The molecule has 2 unspecified atom stereocenters. The molecule has 0 radical (unpaired) electrons. The first-order chi connectivity index (χ1) is 5.61. The lowest BCUT2D eigenvalue weighted by Crippen LogP contribution is -2.30. The van der Waals surface area contributed by atoms with Crippen LogP contribution in [0.2, 0.25) is 0 Å². The van der Waals surface area contributed by atoms with E-state index in [-0.39, 0.29) is 5.92 Å². The van der Waals surface area contributed by atoms with E-state index in [1.807, 2.05) is 0 Å². The van der Waals surface area contributed by atoms with Crippen LogP contribution in [0.25, 0.3) is 0 Å². The number of carbonyl (C=O) groups is 1. The molecule has 68 valence electrons. The van der Waals surface area contributed by atoms with Crippen molar-refractivity contribution in [3.63, 3.8) is 0 Å². The van der Waals surface area contributed by atoms with E-state index in [2.05, 4.69) is 13.8 Å². The Morgan fingerprint density at radius 1 is 1.33 bits per heavy atom. The number of aliphatic carboxylic acids is 1. The van der Waals surface area contributed by atoms with E-state index in [9.17, 15) is 4.79 Å². The molecule has 0 amide bonds. The van der Waals surface area contributed by atoms with Crippen LogP contribution in [-0.2, 0) is 4.79 Å². The molecule has 12 heavy (non-hydrogen) atoms. The zero-order valence-electron chi connectivity index (χ0n) is 7.66. The fourth-order valence-electron chi connectivity index (χ4n) is 3.48. The van der Waals surface area contributed by atoms with Crippen molar-refractivity contribution in [2.75, 3.05) is 0 Å². The molecule has 2 nitrogen and oxygen atoms in total. The van der Waals surface area contributed by atoms with Gasteiger partial charge >= 0.3 is 5.97 Å². The smallest absolute Gasteiger partial charge is 0.307 e. The number of fused-ring (bicyclic) bond motifs is 2. The molecule has 5 atom stereocenters. The molecule has 0 spiro atoms. The number of rotatable bonds is 1. The molecule has 2 aliphatic carbocycles. The molecule has 0 heterocycles. The molecule has 0 aromatic rings. The number of hydrogen-bond acceptors (Lipinski definition) is 1. The highest BCUT2D eigenvalue weighted by Crippen LogP contribution is 2.54. The monoisotopic (exact) mass is 168 g/mol. The van der Waals surface area contributed by atoms with Gasteiger partial charge in [-0.1, -0.05) is 13.8 Å². The van der Waals surface area contributed by atoms with Crippen molar-refractivity contribution in [1.29, 1.82) is 0 Å². The van der Waals surface area contributed by atoms with Gasteiger partial charge in [0.1, 0.15) is 0 Å². The third-order valence-corrected chi connectivity index (χ3v) is 4.02. The Morgan fingerprint density at radius 2 is 2.00 bits per heavy atom. The molecule has 0 aromatic heterocycles. The first-order valence-electron chi connectivity index (χ1n) is 4.84. The Labute approximate surface area is 73.0 Å². The van der Waals surface area contributed by atoms with Gasteiger partial charge in [-0.2, -0.15) is 0 Å². The summed E-state index contributed by atoms with van der Waals surface area (Å²) in [5.41, 5.74) is 0. The second-order valence-corrected chi connectivity index (χ2v) is 4.60. The van der Waals surface area contributed by atoms with Crippen molar-refractivity contribution in [2.45, 2.75) is 26.7 Å². The predicted molar refractivity (Wildman–Crippen MR) is 45.7 cm³/mol. The lowest BCUT2D eigenvalue weighted by atomic mass is 9.76. The van der Waals surface area contributed by atoms with Gasteiger partial charge in [-0.15, -0.1) is 0 Å². The molecule has 1 N–H and O–H groups in total. The highest BCUT2D eigenvalue weighted by Gasteiger charge is 2.51. The second-order valence-electron chi connectivity index (χ2n) is 4.60. The normalized spacial score (nSPS) is 51.3.